The van der Waals surface area contributed by atoms with Crippen LogP contribution < -0.4 is 10.2 Å². The second-order valence-electron chi connectivity index (χ2n) is 7.18. The third-order valence-electron chi connectivity index (χ3n) is 4.69. The number of nitrogens with one attached hydrogen (secondary N) is 1. The van der Waals surface area contributed by atoms with Crippen LogP contribution in [0.15, 0.2) is 18.2 Å². The fourth-order valence-electron chi connectivity index (χ4n) is 2.78. The average Bonchev–Trinajstić information content (AvgIpc) is 2.83. The first-order valence-electron chi connectivity index (χ1n) is 7.70. The molecule has 0 bridgehead atoms. The van der Waals surface area contributed by atoms with Crippen molar-refractivity contribution in [2.24, 2.45) is 7.05 Å². The monoisotopic (exact) mass is 351 g/mol. The van der Waals surface area contributed by atoms with Gasteiger partial charge in [-0.2, -0.15) is 5.10 Å². The highest BCUT2D eigenvalue weighted by atomic mass is 32.2. The molecule has 1 N–H and O–H groups in total. The summed E-state index contributed by atoms with van der Waals surface area (Å²) in [6, 6.07) is 5.58. The molecule has 1 aromatic heterocycles. The highest BCUT2D eigenvalue weighted by molar-refractivity contribution is 7.92. The Morgan fingerprint density at radius 1 is 1.17 bits per heavy atom. The van der Waals surface area contributed by atoms with Gasteiger partial charge in [0.05, 0.1) is 23.0 Å². The van der Waals surface area contributed by atoms with Gasteiger partial charge in [-0.25, -0.2) is 8.42 Å². The molecular formula is C15H22BN3O4S. The van der Waals surface area contributed by atoms with Crippen LogP contribution in [-0.2, 0) is 26.4 Å². The van der Waals surface area contributed by atoms with Crippen LogP contribution in [-0.4, -0.2) is 42.8 Å². The van der Waals surface area contributed by atoms with E-state index in [4.69, 9.17) is 9.31 Å². The van der Waals surface area contributed by atoms with Gasteiger partial charge in [0.2, 0.25) is 10.0 Å². The quantitative estimate of drug-likeness (QED) is 0.842. The maximum atomic E-state index is 11.6. The van der Waals surface area contributed by atoms with Gasteiger partial charge in [0.15, 0.2) is 5.82 Å². The van der Waals surface area contributed by atoms with E-state index in [0.29, 0.717) is 11.2 Å². The zero-order valence-corrected chi connectivity index (χ0v) is 15.6. The Bertz CT molecular complexity index is 889. The molecule has 0 spiro atoms. The summed E-state index contributed by atoms with van der Waals surface area (Å²) in [5.74, 6) is 0.299. The smallest absolute Gasteiger partial charge is 0.399 e. The molecule has 0 atom stereocenters. The van der Waals surface area contributed by atoms with E-state index in [1.54, 1.807) is 11.7 Å². The molecule has 7 nitrogen and oxygen atoms in total. The predicted octanol–water partition coefficient (Wildman–Crippen LogP) is 1.24. The first kappa shape index (κ1) is 17.3. The van der Waals surface area contributed by atoms with Gasteiger partial charge in [0.1, 0.15) is 0 Å². The van der Waals surface area contributed by atoms with E-state index >= 15 is 0 Å². The molecule has 1 aliphatic rings. The summed E-state index contributed by atoms with van der Waals surface area (Å²) in [5.41, 5.74) is 0.697. The molecule has 0 unspecified atom stereocenters. The van der Waals surface area contributed by atoms with Crippen LogP contribution in [0.1, 0.15) is 27.7 Å². The van der Waals surface area contributed by atoms with Crippen LogP contribution in [0.5, 0.6) is 0 Å². The largest absolute Gasteiger partial charge is 0.497 e. The highest BCUT2D eigenvalue weighted by Gasteiger charge is 2.52. The Labute approximate surface area is 142 Å². The molecule has 9 heteroatoms. The number of nitrogens with zero attached hydrogens (tertiary/aromatic N) is 2. The maximum absolute atomic E-state index is 11.6. The van der Waals surface area contributed by atoms with Crippen LogP contribution in [0.2, 0.25) is 0 Å². The molecule has 1 aromatic carbocycles. The molecule has 130 valence electrons. The van der Waals surface area contributed by atoms with Gasteiger partial charge in [0.25, 0.3) is 0 Å². The van der Waals surface area contributed by atoms with Crippen LogP contribution in [0.3, 0.4) is 0 Å². The molecule has 1 saturated heterocycles. The molecule has 1 aliphatic heterocycles. The van der Waals surface area contributed by atoms with E-state index in [-0.39, 0.29) is 0 Å². The number of anilines is 1. The summed E-state index contributed by atoms with van der Waals surface area (Å²) in [7, 11) is -2.19. The second-order valence-corrected chi connectivity index (χ2v) is 8.93. The number of sulfonamides is 1. The van der Waals surface area contributed by atoms with E-state index in [1.165, 1.54) is 0 Å². The van der Waals surface area contributed by atoms with Gasteiger partial charge >= 0.3 is 7.12 Å². The minimum absolute atomic E-state index is 0.299. The Balaban J connectivity index is 2.11. The van der Waals surface area contributed by atoms with Gasteiger partial charge in [-0.15, -0.1) is 0 Å². The topological polar surface area (TPSA) is 82.5 Å². The lowest BCUT2D eigenvalue weighted by atomic mass is 9.78. The zero-order chi connectivity index (χ0) is 17.9. The van der Waals surface area contributed by atoms with Crippen molar-refractivity contribution in [1.29, 1.82) is 0 Å². The Hall–Kier alpha value is -1.58. The number of hydrogen-bond donors (Lipinski definition) is 1. The van der Waals surface area contributed by atoms with Crippen molar-refractivity contribution in [2.75, 3.05) is 11.0 Å². The molecule has 0 saturated carbocycles. The summed E-state index contributed by atoms with van der Waals surface area (Å²) < 4.78 is 39.4. The first-order chi connectivity index (χ1) is 10.9. The van der Waals surface area contributed by atoms with E-state index in [9.17, 15) is 8.42 Å². The summed E-state index contributed by atoms with van der Waals surface area (Å²) in [5, 5.41) is 5.00. The number of benzene rings is 1. The van der Waals surface area contributed by atoms with E-state index < -0.39 is 28.3 Å². The van der Waals surface area contributed by atoms with Crippen molar-refractivity contribution < 1.29 is 17.7 Å². The number of fused-ring (bicyclic) bond motifs is 1. The lowest BCUT2D eigenvalue weighted by molar-refractivity contribution is 0.00578. The minimum atomic E-state index is -3.41. The van der Waals surface area contributed by atoms with Gasteiger partial charge < -0.3 is 9.31 Å². The Morgan fingerprint density at radius 2 is 1.75 bits per heavy atom. The van der Waals surface area contributed by atoms with Crippen molar-refractivity contribution in [3.63, 3.8) is 0 Å². The van der Waals surface area contributed by atoms with Crippen LogP contribution >= 0.6 is 0 Å². The molecule has 0 amide bonds. The molecule has 0 aliphatic carbocycles. The van der Waals surface area contributed by atoms with E-state index in [0.717, 1.165) is 17.2 Å². The van der Waals surface area contributed by atoms with Crippen molar-refractivity contribution >= 4 is 39.3 Å². The summed E-state index contributed by atoms with van der Waals surface area (Å²) in [6.07, 6.45) is 1.10. The van der Waals surface area contributed by atoms with Gasteiger partial charge in [-0.05, 0) is 33.8 Å². The third-order valence-corrected chi connectivity index (χ3v) is 5.25. The Kier molecular flexibility index (Phi) is 3.74. The molecule has 0 radical (unpaired) electrons. The van der Waals surface area contributed by atoms with Crippen LogP contribution in [0.4, 0.5) is 5.82 Å². The second kappa shape index (κ2) is 5.21. The number of aryl methyl sites for hydroxylation is 1. The SMILES string of the molecule is Cn1nc(NS(C)(=O)=O)c2cccc(B3OC(C)(C)C(C)(C)O3)c21. The first-order valence-corrected chi connectivity index (χ1v) is 9.59. The molecule has 24 heavy (non-hydrogen) atoms. The summed E-state index contributed by atoms with van der Waals surface area (Å²) >= 11 is 0. The summed E-state index contributed by atoms with van der Waals surface area (Å²) in [4.78, 5) is 0. The van der Waals surface area contributed by atoms with Crippen molar-refractivity contribution in [3.8, 4) is 0 Å². The Morgan fingerprint density at radius 3 is 2.29 bits per heavy atom. The average molecular weight is 351 g/mol. The number of para-hydroxylation sites is 1. The lowest BCUT2D eigenvalue weighted by Crippen LogP contribution is -2.41. The molecular weight excluding hydrogens is 329 g/mol. The van der Waals surface area contributed by atoms with Crippen molar-refractivity contribution in [2.45, 2.75) is 38.9 Å². The molecule has 2 heterocycles. The van der Waals surface area contributed by atoms with E-state index in [2.05, 4.69) is 9.82 Å². The number of aromatic nitrogens is 2. The van der Waals surface area contributed by atoms with Crippen molar-refractivity contribution in [3.05, 3.63) is 18.2 Å². The third kappa shape index (κ3) is 2.80. The minimum Gasteiger partial charge on any atom is -0.399 e. The maximum Gasteiger partial charge on any atom is 0.497 e. The van der Waals surface area contributed by atoms with E-state index in [1.807, 2.05) is 45.9 Å². The standard InChI is InChI=1S/C15H22BN3O4S/c1-14(2)15(3,4)23-16(22-14)11-9-7-8-10-12(11)19(5)17-13(10)18-24(6,20)21/h7-9H,1-6H3,(H,17,18). The summed E-state index contributed by atoms with van der Waals surface area (Å²) in [6.45, 7) is 7.97. The molecule has 3 rings (SSSR count). The van der Waals surface area contributed by atoms with Gasteiger partial charge in [-0.1, -0.05) is 12.1 Å². The molecule has 2 aromatic rings. The fourth-order valence-corrected chi connectivity index (χ4v) is 3.28. The fraction of sp³-hybridized carbons (Fsp3) is 0.533. The normalized spacial score (nSPS) is 19.8. The van der Waals surface area contributed by atoms with Crippen LogP contribution in [0, 0.1) is 0 Å². The zero-order valence-electron chi connectivity index (χ0n) is 14.7. The number of rotatable bonds is 3. The predicted molar refractivity (Wildman–Crippen MR) is 94.9 cm³/mol. The highest BCUT2D eigenvalue weighted by Crippen LogP contribution is 2.37. The van der Waals surface area contributed by atoms with Gasteiger partial charge in [0, 0.05) is 17.9 Å². The van der Waals surface area contributed by atoms with Crippen molar-refractivity contribution in [1.82, 2.24) is 9.78 Å². The lowest BCUT2D eigenvalue weighted by Gasteiger charge is -2.32. The van der Waals surface area contributed by atoms with Gasteiger partial charge in [-0.3, -0.25) is 9.40 Å². The number of hydrogen-bond acceptors (Lipinski definition) is 5. The van der Waals surface area contributed by atoms with Crippen LogP contribution in [0.25, 0.3) is 10.9 Å². The molecule has 1 fully saturated rings.